The normalized spacial score (nSPS) is 10.5. The molecular weight excluding hydrogens is 234 g/mol. The first-order valence-electron chi connectivity index (χ1n) is 5.42. The fourth-order valence-electron chi connectivity index (χ4n) is 1.69. The summed E-state index contributed by atoms with van der Waals surface area (Å²) in [6.07, 6.45) is 0.216. The Morgan fingerprint density at radius 3 is 2.89 bits per heavy atom. The van der Waals surface area contributed by atoms with Crippen LogP contribution in [0.3, 0.4) is 0 Å². The monoisotopic (exact) mass is 247 g/mol. The lowest BCUT2D eigenvalue weighted by Gasteiger charge is -2.08. The van der Waals surface area contributed by atoms with Crippen molar-refractivity contribution in [1.82, 2.24) is 9.97 Å². The molecule has 94 valence electrons. The van der Waals surface area contributed by atoms with Crippen molar-refractivity contribution < 1.29 is 14.6 Å². The van der Waals surface area contributed by atoms with Crippen LogP contribution in [0.5, 0.6) is 5.75 Å². The van der Waals surface area contributed by atoms with Gasteiger partial charge in [0.15, 0.2) is 0 Å². The van der Waals surface area contributed by atoms with Gasteiger partial charge in [-0.15, -0.1) is 0 Å². The van der Waals surface area contributed by atoms with E-state index in [-0.39, 0.29) is 12.8 Å². The van der Waals surface area contributed by atoms with Crippen molar-refractivity contribution in [3.05, 3.63) is 24.0 Å². The third kappa shape index (κ3) is 2.32. The van der Waals surface area contributed by atoms with Gasteiger partial charge in [0.1, 0.15) is 22.9 Å². The van der Waals surface area contributed by atoms with Crippen molar-refractivity contribution in [2.75, 3.05) is 12.8 Å². The van der Waals surface area contributed by atoms with E-state index in [1.165, 1.54) is 0 Å². The summed E-state index contributed by atoms with van der Waals surface area (Å²) in [7, 11) is 1.55. The van der Waals surface area contributed by atoms with Crippen LogP contribution in [0.2, 0.25) is 0 Å². The molecule has 0 bridgehead atoms. The summed E-state index contributed by atoms with van der Waals surface area (Å²) in [6.45, 7) is 0. The minimum absolute atomic E-state index is 0.0277. The summed E-state index contributed by atoms with van der Waals surface area (Å²) in [6, 6.07) is 5.38. The van der Waals surface area contributed by atoms with Crippen molar-refractivity contribution in [3.63, 3.8) is 0 Å². The largest absolute Gasteiger partial charge is 0.494 e. The van der Waals surface area contributed by atoms with Gasteiger partial charge in [-0.2, -0.15) is 0 Å². The van der Waals surface area contributed by atoms with Crippen LogP contribution in [0.15, 0.2) is 18.2 Å². The van der Waals surface area contributed by atoms with Crippen LogP contribution in [0.1, 0.15) is 12.2 Å². The molecule has 1 aromatic carbocycles. The van der Waals surface area contributed by atoms with Crippen LogP contribution in [-0.2, 0) is 11.2 Å². The molecule has 1 aromatic heterocycles. The van der Waals surface area contributed by atoms with E-state index in [0.29, 0.717) is 28.3 Å². The van der Waals surface area contributed by atoms with E-state index in [9.17, 15) is 4.79 Å². The van der Waals surface area contributed by atoms with E-state index >= 15 is 0 Å². The molecule has 0 saturated heterocycles. The number of fused-ring (bicyclic) bond motifs is 1. The number of methoxy groups -OCH3 is 1. The Morgan fingerprint density at radius 2 is 2.22 bits per heavy atom. The summed E-state index contributed by atoms with van der Waals surface area (Å²) in [5.74, 6) is 0.446. The van der Waals surface area contributed by atoms with Gasteiger partial charge >= 0.3 is 5.97 Å². The van der Waals surface area contributed by atoms with E-state index < -0.39 is 5.97 Å². The zero-order valence-electron chi connectivity index (χ0n) is 9.88. The lowest BCUT2D eigenvalue weighted by atomic mass is 10.2. The first-order valence-corrected chi connectivity index (χ1v) is 5.42. The average Bonchev–Trinajstić information content (AvgIpc) is 2.36. The standard InChI is InChI=1S/C12H13N3O3/c1-18-8-4-2-3-7-11(8)14-9(15-12(7)13)5-6-10(16)17/h2-4H,5-6H2,1H3,(H,16,17)(H2,13,14,15). The number of anilines is 1. The van der Waals surface area contributed by atoms with Gasteiger partial charge in [-0.25, -0.2) is 9.97 Å². The highest BCUT2D eigenvalue weighted by atomic mass is 16.5. The van der Waals surface area contributed by atoms with Crippen LogP contribution in [0.25, 0.3) is 10.9 Å². The van der Waals surface area contributed by atoms with E-state index in [4.69, 9.17) is 15.6 Å². The van der Waals surface area contributed by atoms with E-state index in [2.05, 4.69) is 9.97 Å². The van der Waals surface area contributed by atoms with Gasteiger partial charge in [0.25, 0.3) is 0 Å². The van der Waals surface area contributed by atoms with Gasteiger partial charge in [-0.05, 0) is 12.1 Å². The number of carbonyl (C=O) groups is 1. The minimum atomic E-state index is -0.891. The first kappa shape index (κ1) is 12.1. The van der Waals surface area contributed by atoms with Crippen molar-refractivity contribution >= 4 is 22.7 Å². The molecule has 0 aliphatic carbocycles. The van der Waals surface area contributed by atoms with Gasteiger partial charge in [0, 0.05) is 11.8 Å². The van der Waals surface area contributed by atoms with Crippen molar-refractivity contribution in [2.45, 2.75) is 12.8 Å². The van der Waals surface area contributed by atoms with E-state index in [1.54, 1.807) is 25.3 Å². The molecule has 1 heterocycles. The molecule has 6 nitrogen and oxygen atoms in total. The number of aliphatic carboxylic acids is 1. The third-order valence-corrected chi connectivity index (χ3v) is 2.55. The molecule has 0 amide bonds. The zero-order valence-corrected chi connectivity index (χ0v) is 9.88. The summed E-state index contributed by atoms with van der Waals surface area (Å²) in [5.41, 5.74) is 6.44. The number of aryl methyl sites for hydroxylation is 1. The van der Waals surface area contributed by atoms with E-state index in [0.717, 1.165) is 0 Å². The van der Waals surface area contributed by atoms with Crippen molar-refractivity contribution in [1.29, 1.82) is 0 Å². The summed E-state index contributed by atoms with van der Waals surface area (Å²) in [4.78, 5) is 18.9. The highest BCUT2D eigenvalue weighted by Gasteiger charge is 2.10. The Kier molecular flexibility index (Phi) is 3.27. The minimum Gasteiger partial charge on any atom is -0.494 e. The highest BCUT2D eigenvalue weighted by Crippen LogP contribution is 2.26. The molecule has 3 N–H and O–H groups in total. The fraction of sp³-hybridized carbons (Fsp3) is 0.250. The Labute approximate surface area is 103 Å². The van der Waals surface area contributed by atoms with Crippen LogP contribution in [0.4, 0.5) is 5.82 Å². The number of aromatic nitrogens is 2. The van der Waals surface area contributed by atoms with Crippen LogP contribution in [-0.4, -0.2) is 28.2 Å². The number of nitrogens with two attached hydrogens (primary N) is 1. The second-order valence-corrected chi connectivity index (χ2v) is 3.78. The number of rotatable bonds is 4. The molecule has 18 heavy (non-hydrogen) atoms. The zero-order chi connectivity index (χ0) is 13.1. The number of hydrogen-bond acceptors (Lipinski definition) is 5. The number of carboxylic acid groups (broad SMARTS) is 1. The molecule has 0 unspecified atom stereocenters. The SMILES string of the molecule is COc1cccc2c(N)nc(CCC(=O)O)nc12. The summed E-state index contributed by atoms with van der Waals surface area (Å²) in [5, 5.41) is 9.35. The molecule has 0 saturated carbocycles. The first-order chi connectivity index (χ1) is 8.61. The van der Waals surface area contributed by atoms with Gasteiger partial charge in [-0.1, -0.05) is 6.07 Å². The average molecular weight is 247 g/mol. The highest BCUT2D eigenvalue weighted by molar-refractivity contribution is 5.92. The van der Waals surface area contributed by atoms with Crippen LogP contribution in [0, 0.1) is 0 Å². The number of ether oxygens (including phenoxy) is 1. The number of nitrogens with zero attached hydrogens (tertiary/aromatic N) is 2. The van der Waals surface area contributed by atoms with Crippen LogP contribution >= 0.6 is 0 Å². The lowest BCUT2D eigenvalue weighted by molar-refractivity contribution is -0.137. The van der Waals surface area contributed by atoms with Crippen molar-refractivity contribution in [3.8, 4) is 5.75 Å². The molecular formula is C12H13N3O3. The quantitative estimate of drug-likeness (QED) is 0.843. The van der Waals surface area contributed by atoms with Gasteiger partial charge in [0.05, 0.1) is 13.5 Å². The van der Waals surface area contributed by atoms with Gasteiger partial charge < -0.3 is 15.6 Å². The Morgan fingerprint density at radius 1 is 1.44 bits per heavy atom. The van der Waals surface area contributed by atoms with Gasteiger partial charge in [0.2, 0.25) is 0 Å². The number of hydrogen-bond donors (Lipinski definition) is 2. The second-order valence-electron chi connectivity index (χ2n) is 3.78. The Balaban J connectivity index is 2.49. The molecule has 0 atom stereocenters. The maximum Gasteiger partial charge on any atom is 0.303 e. The Hall–Kier alpha value is -2.37. The maximum absolute atomic E-state index is 10.5. The predicted octanol–water partition coefficient (Wildman–Crippen LogP) is 1.24. The van der Waals surface area contributed by atoms with Crippen LogP contribution < -0.4 is 10.5 Å². The molecule has 0 aliphatic heterocycles. The number of para-hydroxylation sites is 1. The Bertz CT molecular complexity index is 598. The number of nitrogen functional groups attached to an aromatic ring is 1. The summed E-state index contributed by atoms with van der Waals surface area (Å²) >= 11 is 0. The smallest absolute Gasteiger partial charge is 0.303 e. The molecule has 2 aromatic rings. The second kappa shape index (κ2) is 4.87. The molecule has 0 radical (unpaired) electrons. The molecule has 2 rings (SSSR count). The predicted molar refractivity (Wildman–Crippen MR) is 66.5 cm³/mol. The van der Waals surface area contributed by atoms with Gasteiger partial charge in [-0.3, -0.25) is 4.79 Å². The lowest BCUT2D eigenvalue weighted by Crippen LogP contribution is -2.05. The van der Waals surface area contributed by atoms with Crippen molar-refractivity contribution in [2.24, 2.45) is 0 Å². The number of carboxylic acids is 1. The molecule has 0 spiro atoms. The van der Waals surface area contributed by atoms with E-state index in [1.807, 2.05) is 0 Å². The molecule has 0 fully saturated rings. The maximum atomic E-state index is 10.5. The number of benzene rings is 1. The topological polar surface area (TPSA) is 98.3 Å². The molecule has 6 heteroatoms. The third-order valence-electron chi connectivity index (χ3n) is 2.55. The fourth-order valence-corrected chi connectivity index (χ4v) is 1.69. The summed E-state index contributed by atoms with van der Waals surface area (Å²) < 4.78 is 5.20. The molecule has 0 aliphatic rings.